The van der Waals surface area contributed by atoms with Crippen molar-refractivity contribution >= 4 is 64.8 Å². The third-order valence-corrected chi connectivity index (χ3v) is 25.5. The Labute approximate surface area is 255 Å². The molecule has 2 heterocycles. The Kier molecular flexibility index (Phi) is 12.5. The molecule has 36 heavy (non-hydrogen) atoms. The van der Waals surface area contributed by atoms with Gasteiger partial charge in [0.1, 0.15) is 0 Å². The molecule has 8 heteroatoms. The molecule has 0 amide bonds. The molecule has 0 aromatic rings. The van der Waals surface area contributed by atoms with E-state index in [1.54, 1.807) is 25.7 Å². The van der Waals surface area contributed by atoms with Crippen LogP contribution in [0.4, 0.5) is 0 Å². The Balaban J connectivity index is 0.000000871. The van der Waals surface area contributed by atoms with Crippen molar-refractivity contribution in [3.8, 4) is 0 Å². The van der Waals surface area contributed by atoms with E-state index in [0.717, 1.165) is 45.3 Å². The average molecular weight is 699 g/mol. The molecule has 206 valence electrons. The predicted octanol–water partition coefficient (Wildman–Crippen LogP) is 11.3. The molecule has 3 aliphatic carbocycles. The van der Waals surface area contributed by atoms with Gasteiger partial charge < -0.3 is 14.9 Å². The van der Waals surface area contributed by atoms with Crippen molar-refractivity contribution in [2.75, 3.05) is 0 Å². The van der Waals surface area contributed by atoms with Crippen molar-refractivity contribution in [3.63, 3.8) is 0 Å². The fraction of sp³-hybridized carbons (Fsp3) is 0.786. The van der Waals surface area contributed by atoms with E-state index in [2.05, 4.69) is 88.1 Å². The Morgan fingerprint density at radius 1 is 0.722 bits per heavy atom. The van der Waals surface area contributed by atoms with E-state index < -0.39 is 45.1 Å². The summed E-state index contributed by atoms with van der Waals surface area (Å²) < 4.78 is 3.69. The summed E-state index contributed by atoms with van der Waals surface area (Å²) >= 11 is 3.98. The molecule has 7 atom stereocenters. The van der Waals surface area contributed by atoms with Crippen LogP contribution in [0.25, 0.3) is 0 Å². The first-order valence-electron chi connectivity index (χ1n) is 13.5. The minimum atomic E-state index is -1.37. The van der Waals surface area contributed by atoms with Gasteiger partial charge in [0, 0.05) is 10.5 Å². The second-order valence-corrected chi connectivity index (χ2v) is 36.2. The number of hydrogen-bond acceptors (Lipinski definition) is 2. The molecule has 0 saturated heterocycles. The summed E-state index contributed by atoms with van der Waals surface area (Å²) in [5.41, 5.74) is 2.12. The second-order valence-electron chi connectivity index (χ2n) is 14.2. The van der Waals surface area contributed by atoms with Crippen molar-refractivity contribution in [2.45, 2.75) is 112 Å². The summed E-state index contributed by atoms with van der Waals surface area (Å²) in [5, 5.41) is 1.82. The van der Waals surface area contributed by atoms with Crippen LogP contribution in [0.15, 0.2) is 21.2 Å². The number of thioether (sulfide) groups is 2. The SMILES string of the molecule is C[Si](C)(C)C1=CC2C3C=C([Si](C)(C)C)SC3C([Si](C)(C)C3CCC4CCCCC43)C2S1.[CH3-].[CH3-].[Cl][Zr+2][Cl]. The summed E-state index contributed by atoms with van der Waals surface area (Å²) in [6.45, 7) is 21.2. The van der Waals surface area contributed by atoms with E-state index in [9.17, 15) is 0 Å². The first kappa shape index (κ1) is 34.5. The summed E-state index contributed by atoms with van der Waals surface area (Å²) in [7, 11) is 6.07. The van der Waals surface area contributed by atoms with Crippen LogP contribution in [0.5, 0.6) is 0 Å². The van der Waals surface area contributed by atoms with E-state index in [0.29, 0.717) is 0 Å². The third kappa shape index (κ3) is 6.68. The zero-order valence-corrected chi connectivity index (χ0v) is 33.2. The Morgan fingerprint density at radius 2 is 1.17 bits per heavy atom. The number of allylic oxidation sites excluding steroid dienone is 2. The zero-order valence-electron chi connectivity index (χ0n) is 24.6. The number of halogens is 2. The fourth-order valence-corrected chi connectivity index (χ4v) is 23.4. The minimum absolute atomic E-state index is 0. The number of hydrogen-bond donors (Lipinski definition) is 0. The van der Waals surface area contributed by atoms with Crippen molar-refractivity contribution in [2.24, 2.45) is 23.7 Å². The molecule has 0 bridgehead atoms. The van der Waals surface area contributed by atoms with Gasteiger partial charge >= 0.3 is 37.9 Å². The first-order valence-corrected chi connectivity index (χ1v) is 31.8. The molecule has 0 aromatic heterocycles. The molecular weight excluding hydrogens is 647 g/mol. The van der Waals surface area contributed by atoms with E-state index in [4.69, 9.17) is 17.0 Å². The average Bonchev–Trinajstić information content (AvgIpc) is 3.46. The van der Waals surface area contributed by atoms with Gasteiger partial charge in [0.15, 0.2) is 0 Å². The summed E-state index contributed by atoms with van der Waals surface area (Å²) in [6.07, 6.45) is 15.0. The molecule has 0 nitrogen and oxygen atoms in total. The molecule has 0 N–H and O–H groups in total. The van der Waals surface area contributed by atoms with Gasteiger partial charge in [0.05, 0.1) is 24.2 Å². The molecule has 3 fully saturated rings. The van der Waals surface area contributed by atoms with Crippen LogP contribution >= 0.6 is 40.5 Å². The first-order chi connectivity index (χ1) is 15.8. The van der Waals surface area contributed by atoms with Crippen LogP contribution in [0.2, 0.25) is 63.5 Å². The van der Waals surface area contributed by atoms with Gasteiger partial charge in [-0.05, 0) is 43.8 Å². The van der Waals surface area contributed by atoms with E-state index in [1.807, 2.05) is 9.06 Å². The van der Waals surface area contributed by atoms with E-state index in [1.165, 1.54) is 12.8 Å². The van der Waals surface area contributed by atoms with Crippen LogP contribution in [0, 0.1) is 38.5 Å². The maximum absolute atomic E-state index is 4.93. The quantitative estimate of drug-likeness (QED) is 0.212. The van der Waals surface area contributed by atoms with Gasteiger partial charge in [0.25, 0.3) is 0 Å². The van der Waals surface area contributed by atoms with Crippen LogP contribution in [0.1, 0.15) is 38.5 Å². The Bertz CT molecular complexity index is 777. The molecule has 3 saturated carbocycles. The number of fused-ring (bicyclic) bond motifs is 4. The van der Waals surface area contributed by atoms with Gasteiger partial charge in [-0.25, -0.2) is 0 Å². The molecule has 7 unspecified atom stereocenters. The summed E-state index contributed by atoms with van der Waals surface area (Å²) in [6, 6.07) is 0. The van der Waals surface area contributed by atoms with Crippen LogP contribution < -0.4 is 0 Å². The second kappa shape index (κ2) is 13.1. The van der Waals surface area contributed by atoms with Gasteiger partial charge in [-0.2, -0.15) is 0 Å². The normalized spacial score (nSPS) is 37.2. The predicted molar refractivity (Wildman–Crippen MR) is 177 cm³/mol. The molecular formula is C28H52Cl2S2Si3Zr. The van der Waals surface area contributed by atoms with E-state index in [-0.39, 0.29) is 14.9 Å². The van der Waals surface area contributed by atoms with Crippen LogP contribution in [0.3, 0.4) is 0 Å². The summed E-state index contributed by atoms with van der Waals surface area (Å²) in [4.78, 5) is 0. The van der Waals surface area contributed by atoms with Crippen molar-refractivity contribution in [1.29, 1.82) is 0 Å². The molecule has 5 aliphatic rings. The fourth-order valence-electron chi connectivity index (χ4n) is 8.14. The molecule has 0 radical (unpaired) electrons. The maximum atomic E-state index is 4.93. The van der Waals surface area contributed by atoms with Gasteiger partial charge in [-0.3, -0.25) is 0 Å². The van der Waals surface area contributed by atoms with Gasteiger partial charge in [0.2, 0.25) is 0 Å². The van der Waals surface area contributed by atoms with Crippen LogP contribution in [-0.4, -0.2) is 34.7 Å². The Morgan fingerprint density at radius 3 is 1.61 bits per heavy atom. The van der Waals surface area contributed by atoms with Crippen molar-refractivity contribution in [3.05, 3.63) is 36.1 Å². The monoisotopic (exact) mass is 696 g/mol. The third-order valence-electron chi connectivity index (χ3n) is 9.75. The standard InChI is InChI=1S/C26H46S2Si3.2CH3.2ClH.Zr/c1-29(2,3)22-15-19-20-16-23(30(4,5)6)28-25(20)26(24(19)27-22)31(7,8)21-14-13-17-11-9-10-12-18(17)21;;;;;/h15-21,24-26H,9-14H2,1-8H3;2*1H3;2*1H;/q;2*-1;;;+4/p-2. The molecule has 0 spiro atoms. The van der Waals surface area contributed by atoms with E-state index >= 15 is 0 Å². The number of rotatable bonds is 4. The summed E-state index contributed by atoms with van der Waals surface area (Å²) in [5.74, 6) is 3.88. The van der Waals surface area contributed by atoms with Crippen molar-refractivity contribution in [1.82, 2.24) is 0 Å². The topological polar surface area (TPSA) is 0 Å². The van der Waals surface area contributed by atoms with Gasteiger partial charge in [-0.1, -0.05) is 103 Å². The van der Waals surface area contributed by atoms with Crippen molar-refractivity contribution < 1.29 is 20.8 Å². The Hall–Kier alpha value is 2.29. The zero-order chi connectivity index (χ0) is 25.1. The van der Waals surface area contributed by atoms with Crippen LogP contribution in [-0.2, 0) is 20.8 Å². The molecule has 0 aromatic carbocycles. The molecule has 5 rings (SSSR count). The molecule has 2 aliphatic heterocycles. The van der Waals surface area contributed by atoms with Gasteiger partial charge in [-0.15, -0.1) is 23.5 Å².